The zero-order valence-electron chi connectivity index (χ0n) is 12.9. The summed E-state index contributed by atoms with van der Waals surface area (Å²) in [4.78, 5) is 2.25. The molecule has 0 radical (unpaired) electrons. The van der Waals surface area contributed by atoms with E-state index in [0.717, 1.165) is 24.3 Å². The Morgan fingerprint density at radius 2 is 1.70 bits per heavy atom. The summed E-state index contributed by atoms with van der Waals surface area (Å²) in [6, 6.07) is 12.8. The maximum atomic E-state index is 6.09. The average Bonchev–Trinajstić information content (AvgIpc) is 2.40. The summed E-state index contributed by atoms with van der Waals surface area (Å²) >= 11 is 0. The Hall–Kier alpha value is -1.96. The minimum atomic E-state index is 0.854. The third-order valence-corrected chi connectivity index (χ3v) is 3.96. The maximum absolute atomic E-state index is 6.09. The first kappa shape index (κ1) is 14.4. The van der Waals surface area contributed by atoms with Crippen LogP contribution in [0.25, 0.3) is 0 Å². The van der Waals surface area contributed by atoms with Gasteiger partial charge in [0.25, 0.3) is 0 Å². The van der Waals surface area contributed by atoms with Crippen LogP contribution in [0.1, 0.15) is 22.3 Å². The van der Waals surface area contributed by atoms with Crippen molar-refractivity contribution in [1.29, 1.82) is 0 Å². The quantitative estimate of drug-likeness (QED) is 0.853. The summed E-state index contributed by atoms with van der Waals surface area (Å²) in [7, 11) is 2.11. The normalized spacial score (nSPS) is 10.6. The monoisotopic (exact) mass is 268 g/mol. The van der Waals surface area contributed by atoms with Crippen LogP contribution in [-0.4, -0.2) is 13.6 Å². The van der Waals surface area contributed by atoms with E-state index in [9.17, 15) is 0 Å². The van der Waals surface area contributed by atoms with Crippen molar-refractivity contribution < 1.29 is 0 Å². The van der Waals surface area contributed by atoms with Crippen LogP contribution in [0.15, 0.2) is 36.4 Å². The molecule has 0 spiro atoms. The lowest BCUT2D eigenvalue weighted by Gasteiger charge is -2.23. The summed E-state index contributed by atoms with van der Waals surface area (Å²) in [5, 5.41) is 0. The van der Waals surface area contributed by atoms with Crippen LogP contribution in [-0.2, 0) is 6.42 Å². The molecule has 0 fully saturated rings. The highest BCUT2D eigenvalue weighted by Crippen LogP contribution is 2.26. The van der Waals surface area contributed by atoms with Gasteiger partial charge >= 0.3 is 0 Å². The summed E-state index contributed by atoms with van der Waals surface area (Å²) in [6.07, 6.45) is 1.03. The molecule has 0 saturated carbocycles. The van der Waals surface area contributed by atoms with Gasteiger partial charge in [0.1, 0.15) is 0 Å². The Morgan fingerprint density at radius 1 is 0.950 bits per heavy atom. The molecule has 0 heterocycles. The number of anilines is 2. The van der Waals surface area contributed by atoms with E-state index in [0.29, 0.717) is 0 Å². The fourth-order valence-electron chi connectivity index (χ4n) is 2.57. The van der Waals surface area contributed by atoms with Gasteiger partial charge in [0, 0.05) is 13.6 Å². The van der Waals surface area contributed by atoms with E-state index in [4.69, 9.17) is 5.73 Å². The Bertz CT molecular complexity index is 582. The number of nitrogens with two attached hydrogens (primary N) is 1. The predicted molar refractivity (Wildman–Crippen MR) is 88.5 cm³/mol. The third-order valence-electron chi connectivity index (χ3n) is 3.96. The van der Waals surface area contributed by atoms with Crippen molar-refractivity contribution in [2.45, 2.75) is 27.2 Å². The first-order chi connectivity index (χ1) is 9.49. The van der Waals surface area contributed by atoms with Crippen LogP contribution in [0.4, 0.5) is 11.4 Å². The van der Waals surface area contributed by atoms with Crippen LogP contribution in [0, 0.1) is 20.8 Å². The number of nitrogens with zero attached hydrogens (tertiary/aromatic N) is 1. The molecule has 0 aliphatic rings. The molecule has 106 valence electrons. The first-order valence-electron chi connectivity index (χ1n) is 7.11. The molecule has 2 N–H and O–H groups in total. The summed E-state index contributed by atoms with van der Waals surface area (Å²) in [6.45, 7) is 7.40. The lowest BCUT2D eigenvalue weighted by atomic mass is 10.0. The molecule has 0 unspecified atom stereocenters. The van der Waals surface area contributed by atoms with Crippen molar-refractivity contribution in [3.8, 4) is 0 Å². The Morgan fingerprint density at radius 3 is 2.35 bits per heavy atom. The fraction of sp³-hybridized carbons (Fsp3) is 0.333. The van der Waals surface area contributed by atoms with Gasteiger partial charge in [-0.3, -0.25) is 0 Å². The fourth-order valence-corrected chi connectivity index (χ4v) is 2.57. The lowest BCUT2D eigenvalue weighted by molar-refractivity contribution is 0.873. The van der Waals surface area contributed by atoms with Gasteiger partial charge in [-0.15, -0.1) is 0 Å². The highest BCUT2D eigenvalue weighted by Gasteiger charge is 2.08. The summed E-state index contributed by atoms with van der Waals surface area (Å²) < 4.78 is 0. The number of hydrogen-bond acceptors (Lipinski definition) is 2. The van der Waals surface area contributed by atoms with Crippen LogP contribution in [0.3, 0.4) is 0 Å². The molecular formula is C18H24N2. The van der Waals surface area contributed by atoms with E-state index in [1.165, 1.54) is 22.3 Å². The largest absolute Gasteiger partial charge is 0.397 e. The van der Waals surface area contributed by atoms with E-state index < -0.39 is 0 Å². The number of likely N-dealkylation sites (N-methyl/N-ethyl adjacent to an activating group) is 1. The standard InChI is InChI=1S/C18H24N2/c1-13-8-9-16(12-15(13)3)10-11-20(4)18-14(2)6-5-7-17(18)19/h5-9,12H,10-11,19H2,1-4H3. The molecule has 0 amide bonds. The molecule has 0 atom stereocenters. The van der Waals surface area contributed by atoms with Crippen LogP contribution < -0.4 is 10.6 Å². The Kier molecular flexibility index (Phi) is 4.33. The van der Waals surface area contributed by atoms with E-state index >= 15 is 0 Å². The van der Waals surface area contributed by atoms with E-state index in [2.05, 4.69) is 57.0 Å². The molecule has 0 aromatic heterocycles. The molecule has 0 bridgehead atoms. The lowest BCUT2D eigenvalue weighted by Crippen LogP contribution is -2.22. The molecule has 2 aromatic carbocycles. The summed E-state index contributed by atoms with van der Waals surface area (Å²) in [5.41, 5.74) is 13.4. The SMILES string of the molecule is Cc1ccc(CCN(C)c2c(C)cccc2N)cc1C. The minimum Gasteiger partial charge on any atom is -0.397 e. The van der Waals surface area contributed by atoms with Crippen LogP contribution in [0.2, 0.25) is 0 Å². The van der Waals surface area contributed by atoms with Gasteiger partial charge in [-0.05, 0) is 55.5 Å². The second-order valence-corrected chi connectivity index (χ2v) is 5.60. The molecule has 0 aliphatic heterocycles. The van der Waals surface area contributed by atoms with Crippen molar-refractivity contribution >= 4 is 11.4 Å². The molecule has 0 saturated heterocycles. The van der Waals surface area contributed by atoms with Crippen molar-refractivity contribution in [1.82, 2.24) is 0 Å². The second-order valence-electron chi connectivity index (χ2n) is 5.60. The molecular weight excluding hydrogens is 244 g/mol. The van der Waals surface area contributed by atoms with Gasteiger partial charge < -0.3 is 10.6 Å². The van der Waals surface area contributed by atoms with Gasteiger partial charge in [0.15, 0.2) is 0 Å². The summed E-state index contributed by atoms with van der Waals surface area (Å²) in [5.74, 6) is 0. The van der Waals surface area contributed by atoms with Gasteiger partial charge in [-0.2, -0.15) is 0 Å². The Balaban J connectivity index is 2.08. The molecule has 0 aliphatic carbocycles. The van der Waals surface area contributed by atoms with Gasteiger partial charge in [-0.1, -0.05) is 30.3 Å². The van der Waals surface area contributed by atoms with Crippen molar-refractivity contribution in [2.75, 3.05) is 24.2 Å². The number of hydrogen-bond donors (Lipinski definition) is 1. The number of rotatable bonds is 4. The molecule has 2 rings (SSSR count). The predicted octanol–water partition coefficient (Wildman–Crippen LogP) is 3.87. The third kappa shape index (κ3) is 3.13. The van der Waals surface area contributed by atoms with Crippen LogP contribution >= 0.6 is 0 Å². The van der Waals surface area contributed by atoms with Crippen molar-refractivity contribution in [3.05, 3.63) is 58.7 Å². The van der Waals surface area contributed by atoms with Crippen LogP contribution in [0.5, 0.6) is 0 Å². The first-order valence-corrected chi connectivity index (χ1v) is 7.11. The van der Waals surface area contributed by atoms with E-state index in [1.807, 2.05) is 12.1 Å². The number of nitrogen functional groups attached to an aromatic ring is 1. The zero-order valence-corrected chi connectivity index (χ0v) is 12.9. The average molecular weight is 268 g/mol. The topological polar surface area (TPSA) is 29.3 Å². The Labute approximate surface area is 122 Å². The van der Waals surface area contributed by atoms with Gasteiger partial charge in [0.05, 0.1) is 11.4 Å². The minimum absolute atomic E-state index is 0.854. The second kappa shape index (κ2) is 6.00. The number of benzene rings is 2. The molecule has 2 heteroatoms. The smallest absolute Gasteiger partial charge is 0.0627 e. The molecule has 2 aromatic rings. The number of para-hydroxylation sites is 1. The highest BCUT2D eigenvalue weighted by atomic mass is 15.1. The van der Waals surface area contributed by atoms with E-state index in [1.54, 1.807) is 0 Å². The zero-order chi connectivity index (χ0) is 14.7. The van der Waals surface area contributed by atoms with Crippen molar-refractivity contribution in [2.24, 2.45) is 0 Å². The maximum Gasteiger partial charge on any atom is 0.0627 e. The molecule has 2 nitrogen and oxygen atoms in total. The van der Waals surface area contributed by atoms with Crippen molar-refractivity contribution in [3.63, 3.8) is 0 Å². The van der Waals surface area contributed by atoms with E-state index in [-0.39, 0.29) is 0 Å². The van der Waals surface area contributed by atoms with Gasteiger partial charge in [-0.25, -0.2) is 0 Å². The number of aryl methyl sites for hydroxylation is 3. The highest BCUT2D eigenvalue weighted by molar-refractivity contribution is 5.71. The molecule has 20 heavy (non-hydrogen) atoms. The van der Waals surface area contributed by atoms with Gasteiger partial charge in [0.2, 0.25) is 0 Å².